The number of carbonyl (C=O) groups is 1. The zero-order valence-electron chi connectivity index (χ0n) is 11.0. The number of hydrogen-bond acceptors (Lipinski definition) is 4. The molecule has 6 heteroatoms. The molecule has 0 spiro atoms. The van der Waals surface area contributed by atoms with Crippen LogP contribution in [0.1, 0.15) is 26.3 Å². The van der Waals surface area contributed by atoms with Crippen LogP contribution in [0, 0.1) is 0 Å². The molecule has 0 bridgehead atoms. The molecule has 0 unspecified atom stereocenters. The molecule has 4 nitrogen and oxygen atoms in total. The van der Waals surface area contributed by atoms with Crippen LogP contribution in [-0.2, 0) is 10.1 Å². The summed E-state index contributed by atoms with van der Waals surface area (Å²) in [5, 5.41) is 4.01. The summed E-state index contributed by atoms with van der Waals surface area (Å²) in [5.74, 6) is 0. The minimum absolute atomic E-state index is 0.479. The van der Waals surface area contributed by atoms with Crippen LogP contribution in [0.3, 0.4) is 0 Å². The molecule has 0 aliphatic carbocycles. The summed E-state index contributed by atoms with van der Waals surface area (Å²) in [6, 6.07) is 6.01. The van der Waals surface area contributed by atoms with Gasteiger partial charge in [0, 0.05) is 5.33 Å². The normalized spacial score (nSPS) is 11.6. The third-order valence-corrected chi connectivity index (χ3v) is 3.80. The van der Waals surface area contributed by atoms with E-state index in [1.165, 1.54) is 16.9 Å². The Morgan fingerprint density at radius 1 is 1.47 bits per heavy atom. The molecule has 0 fully saturated rings. The summed E-state index contributed by atoms with van der Waals surface area (Å²) in [6.07, 6.45) is -0.479. The predicted molar refractivity (Wildman–Crippen MR) is 82.1 cm³/mol. The van der Waals surface area contributed by atoms with Crippen molar-refractivity contribution in [3.05, 3.63) is 23.8 Å². The first-order valence-corrected chi connectivity index (χ1v) is 7.76. The fourth-order valence-electron chi connectivity index (χ4n) is 1.50. The van der Waals surface area contributed by atoms with Crippen molar-refractivity contribution in [2.75, 3.05) is 5.32 Å². The number of ether oxygens (including phenoxy) is 1. The molecule has 1 N–H and O–H groups in total. The third kappa shape index (κ3) is 3.91. The number of carbonyl (C=O) groups excluding carboxylic acids is 1. The lowest BCUT2D eigenvalue weighted by Crippen LogP contribution is -2.27. The van der Waals surface area contributed by atoms with E-state index >= 15 is 0 Å². The molecule has 1 aromatic heterocycles. The number of alkyl halides is 1. The van der Waals surface area contributed by atoms with Gasteiger partial charge in [-0.1, -0.05) is 33.3 Å². The largest absolute Gasteiger partial charge is 0.444 e. The van der Waals surface area contributed by atoms with E-state index < -0.39 is 11.7 Å². The van der Waals surface area contributed by atoms with Crippen LogP contribution < -0.4 is 5.32 Å². The summed E-state index contributed by atoms with van der Waals surface area (Å²) >= 11 is 4.86. The summed E-state index contributed by atoms with van der Waals surface area (Å²) in [5.41, 5.74) is 1.55. The Balaban J connectivity index is 2.15. The topological polar surface area (TPSA) is 51.2 Å². The Hall–Kier alpha value is -1.14. The molecule has 0 aliphatic rings. The van der Waals surface area contributed by atoms with Gasteiger partial charge in [-0.3, -0.25) is 5.32 Å². The van der Waals surface area contributed by atoms with Crippen molar-refractivity contribution >= 4 is 48.7 Å². The van der Waals surface area contributed by atoms with Gasteiger partial charge in [-0.25, -0.2) is 9.78 Å². The highest BCUT2D eigenvalue weighted by molar-refractivity contribution is 9.08. The molecule has 1 amide bonds. The van der Waals surface area contributed by atoms with Crippen LogP contribution in [0.25, 0.3) is 10.2 Å². The highest BCUT2D eigenvalue weighted by Gasteiger charge is 2.17. The minimum Gasteiger partial charge on any atom is -0.444 e. The standard InChI is InChI=1S/C13H15BrN2O2S/c1-13(2,3)18-12(17)16-11-15-9-5-4-8(7-14)6-10(9)19-11/h4-6H,7H2,1-3H3,(H,15,16,17). The monoisotopic (exact) mass is 342 g/mol. The van der Waals surface area contributed by atoms with Gasteiger partial charge in [0.15, 0.2) is 5.13 Å². The van der Waals surface area contributed by atoms with Crippen LogP contribution in [0.15, 0.2) is 18.2 Å². The lowest BCUT2D eigenvalue weighted by atomic mass is 10.2. The number of fused-ring (bicyclic) bond motifs is 1. The number of amides is 1. The Kier molecular flexibility index (Phi) is 4.10. The summed E-state index contributed by atoms with van der Waals surface area (Å²) in [6.45, 7) is 5.48. The fourth-order valence-corrected chi connectivity index (χ4v) is 2.76. The van der Waals surface area contributed by atoms with Gasteiger partial charge in [0.05, 0.1) is 10.2 Å². The minimum atomic E-state index is -0.510. The number of halogens is 1. The van der Waals surface area contributed by atoms with Gasteiger partial charge in [0.1, 0.15) is 5.60 Å². The van der Waals surface area contributed by atoms with Crippen LogP contribution in [0.4, 0.5) is 9.93 Å². The van der Waals surface area contributed by atoms with Gasteiger partial charge in [-0.15, -0.1) is 0 Å². The summed E-state index contributed by atoms with van der Waals surface area (Å²) in [7, 11) is 0. The van der Waals surface area contributed by atoms with Crippen molar-refractivity contribution in [3.63, 3.8) is 0 Å². The molecule has 19 heavy (non-hydrogen) atoms. The van der Waals surface area contributed by atoms with E-state index in [4.69, 9.17) is 4.74 Å². The van der Waals surface area contributed by atoms with E-state index in [1.54, 1.807) is 0 Å². The molecular formula is C13H15BrN2O2S. The molecule has 2 aromatic rings. The first kappa shape index (κ1) is 14.3. The first-order chi connectivity index (χ1) is 8.87. The second kappa shape index (κ2) is 5.46. The molecule has 0 saturated carbocycles. The second-order valence-corrected chi connectivity index (χ2v) is 6.67. The number of rotatable bonds is 2. The van der Waals surface area contributed by atoms with Gasteiger partial charge in [-0.05, 0) is 38.5 Å². The van der Waals surface area contributed by atoms with Crippen LogP contribution >= 0.6 is 27.3 Å². The van der Waals surface area contributed by atoms with Crippen LogP contribution in [0.5, 0.6) is 0 Å². The van der Waals surface area contributed by atoms with Gasteiger partial charge in [0.2, 0.25) is 0 Å². The average Bonchev–Trinajstić information content (AvgIpc) is 2.66. The van der Waals surface area contributed by atoms with E-state index in [1.807, 2.05) is 32.9 Å². The molecular weight excluding hydrogens is 328 g/mol. The lowest BCUT2D eigenvalue weighted by molar-refractivity contribution is 0.0636. The molecule has 0 saturated heterocycles. The van der Waals surface area contributed by atoms with Crippen molar-refractivity contribution < 1.29 is 9.53 Å². The van der Waals surface area contributed by atoms with Gasteiger partial charge in [-0.2, -0.15) is 0 Å². The van der Waals surface area contributed by atoms with Gasteiger partial charge < -0.3 is 4.74 Å². The first-order valence-electron chi connectivity index (χ1n) is 5.83. The number of nitrogens with zero attached hydrogens (tertiary/aromatic N) is 1. The lowest BCUT2D eigenvalue weighted by Gasteiger charge is -2.18. The molecule has 102 valence electrons. The average molecular weight is 343 g/mol. The zero-order valence-corrected chi connectivity index (χ0v) is 13.4. The van der Waals surface area contributed by atoms with Crippen molar-refractivity contribution in [1.29, 1.82) is 0 Å². The Bertz CT molecular complexity index is 604. The van der Waals surface area contributed by atoms with Crippen LogP contribution in [0.2, 0.25) is 0 Å². The third-order valence-electron chi connectivity index (χ3n) is 2.22. The highest BCUT2D eigenvalue weighted by atomic mass is 79.9. The SMILES string of the molecule is CC(C)(C)OC(=O)Nc1nc2ccc(CBr)cc2s1. The second-order valence-electron chi connectivity index (χ2n) is 5.08. The number of benzene rings is 1. The number of nitrogens with one attached hydrogen (secondary N) is 1. The van der Waals surface area contributed by atoms with E-state index in [-0.39, 0.29) is 0 Å². The Morgan fingerprint density at radius 3 is 2.84 bits per heavy atom. The smallest absolute Gasteiger partial charge is 0.413 e. The van der Waals surface area contributed by atoms with Crippen molar-refractivity contribution in [1.82, 2.24) is 4.98 Å². The maximum absolute atomic E-state index is 11.7. The van der Waals surface area contributed by atoms with Crippen molar-refractivity contribution in [2.45, 2.75) is 31.7 Å². The highest BCUT2D eigenvalue weighted by Crippen LogP contribution is 2.27. The molecule has 1 heterocycles. The molecule has 0 radical (unpaired) electrons. The molecule has 0 aliphatic heterocycles. The van der Waals surface area contributed by atoms with Crippen LogP contribution in [-0.4, -0.2) is 16.7 Å². The quantitative estimate of drug-likeness (QED) is 0.815. The molecule has 0 atom stereocenters. The predicted octanol–water partition coefficient (Wildman–Crippen LogP) is 4.54. The molecule has 2 rings (SSSR count). The van der Waals surface area contributed by atoms with E-state index in [0.29, 0.717) is 5.13 Å². The van der Waals surface area contributed by atoms with Gasteiger partial charge >= 0.3 is 6.09 Å². The van der Waals surface area contributed by atoms with E-state index in [2.05, 4.69) is 32.3 Å². The Labute approximate surface area is 124 Å². The van der Waals surface area contributed by atoms with E-state index in [9.17, 15) is 4.79 Å². The maximum atomic E-state index is 11.7. The van der Waals surface area contributed by atoms with Crippen molar-refractivity contribution in [2.24, 2.45) is 0 Å². The zero-order chi connectivity index (χ0) is 14.0. The van der Waals surface area contributed by atoms with E-state index in [0.717, 1.165) is 15.5 Å². The van der Waals surface area contributed by atoms with Gasteiger partial charge in [0.25, 0.3) is 0 Å². The summed E-state index contributed by atoms with van der Waals surface area (Å²) in [4.78, 5) is 16.0. The maximum Gasteiger partial charge on any atom is 0.413 e. The number of thiazole rings is 1. The van der Waals surface area contributed by atoms with Crippen molar-refractivity contribution in [3.8, 4) is 0 Å². The summed E-state index contributed by atoms with van der Waals surface area (Å²) < 4.78 is 6.24. The number of anilines is 1. The number of hydrogen-bond donors (Lipinski definition) is 1. The number of aromatic nitrogens is 1. The molecule has 1 aromatic carbocycles. The Morgan fingerprint density at radius 2 is 2.21 bits per heavy atom. The fraction of sp³-hybridized carbons (Fsp3) is 0.385.